The average Bonchev–Trinajstić information content (AvgIpc) is 3.86. The minimum atomic E-state index is -0.556. The molecule has 0 amide bonds. The van der Waals surface area contributed by atoms with Gasteiger partial charge in [0, 0.05) is 29.6 Å². The van der Waals surface area contributed by atoms with Crippen molar-refractivity contribution in [3.8, 4) is 39.4 Å². The number of benzene rings is 4. The van der Waals surface area contributed by atoms with Gasteiger partial charge in [0.05, 0.1) is 34.8 Å². The van der Waals surface area contributed by atoms with E-state index in [1.165, 1.54) is 61.6 Å². The summed E-state index contributed by atoms with van der Waals surface area (Å²) >= 11 is 0. The predicted molar refractivity (Wildman–Crippen MR) is 231 cm³/mol. The van der Waals surface area contributed by atoms with Gasteiger partial charge in [0.25, 0.3) is 0 Å². The molecule has 0 atom stereocenters. The smallest absolute Gasteiger partial charge is 0.121 e. The Kier molecular flexibility index (Phi) is 13.8. The van der Waals surface area contributed by atoms with E-state index in [-0.39, 0.29) is 0 Å². The Hall–Kier alpha value is -4.90. The first-order valence-corrected chi connectivity index (χ1v) is 21.0. The molecule has 0 fully saturated rings. The second kappa shape index (κ2) is 19.1. The maximum Gasteiger partial charge on any atom is 0.121 e. The number of hydrogen-bond donors (Lipinski definition) is 0. The Labute approximate surface area is 330 Å². The largest absolute Gasteiger partial charge is 0.494 e. The summed E-state index contributed by atoms with van der Waals surface area (Å²) in [5, 5.41) is 10.8. The van der Waals surface area contributed by atoms with Crippen LogP contribution in [-0.4, -0.2) is 26.2 Å². The van der Waals surface area contributed by atoms with Crippen LogP contribution in [-0.2, 0) is 18.3 Å². The van der Waals surface area contributed by atoms with Crippen molar-refractivity contribution in [2.75, 3.05) is 6.61 Å². The molecule has 0 aliphatic carbocycles. The van der Waals surface area contributed by atoms with Crippen LogP contribution in [0.5, 0.6) is 5.75 Å². The first kappa shape index (κ1) is 39.8. The number of unbranched alkanes of at least 4 members (excludes halogenated alkanes) is 7. The molecule has 5 nitrogen and oxygen atoms in total. The molecule has 0 spiro atoms. The molecular weight excluding hydrogens is 673 g/mol. The molecule has 288 valence electrons. The van der Waals surface area contributed by atoms with E-state index in [0.717, 1.165) is 89.5 Å². The highest BCUT2D eigenvalue weighted by Crippen LogP contribution is 2.42. The Morgan fingerprint density at radius 1 is 0.545 bits per heavy atom. The van der Waals surface area contributed by atoms with Crippen molar-refractivity contribution in [1.82, 2.24) is 19.6 Å². The van der Waals surface area contributed by atoms with E-state index in [0.29, 0.717) is 0 Å². The number of hydrogen-bond acceptors (Lipinski definition) is 3. The van der Waals surface area contributed by atoms with Gasteiger partial charge >= 0.3 is 0 Å². The molecule has 4 aromatic carbocycles. The lowest BCUT2D eigenvalue weighted by molar-refractivity contribution is 0.304. The van der Waals surface area contributed by atoms with E-state index in [4.69, 9.17) is 14.9 Å². The van der Waals surface area contributed by atoms with Crippen LogP contribution in [0.15, 0.2) is 109 Å². The van der Waals surface area contributed by atoms with Gasteiger partial charge in [-0.25, -0.2) is 9.36 Å². The maximum atomic E-state index is 6.30. The SMILES string of the molecule is CCCCCCCCCCOc1cccc(-n2cc(-c3ccc(CCC)cc3)c(C(C)(C)c3nn(-c4cccc(C)c4)cc3-c3ccc(CCC)cc3)n2)c1. The van der Waals surface area contributed by atoms with Gasteiger partial charge in [0.2, 0.25) is 0 Å². The lowest BCUT2D eigenvalue weighted by Gasteiger charge is -2.24. The standard InChI is InChI=1S/C50H62N4O/c1-7-10-11-12-13-14-15-16-33-55-45-24-18-23-44(35-45)54-37-47(42-31-27-40(20-9-3)28-32-42)49(52-54)50(5,6)48-46(41-29-25-39(19-8-2)26-30-41)36-53(51-48)43-22-17-21-38(4)34-43/h17-18,21-32,34-37H,7-16,19-20,33H2,1-6H3. The van der Waals surface area contributed by atoms with Crippen LogP contribution in [0.2, 0.25) is 0 Å². The highest BCUT2D eigenvalue weighted by molar-refractivity contribution is 5.73. The third-order valence-corrected chi connectivity index (χ3v) is 10.8. The molecular formula is C50H62N4O. The second-order valence-electron chi connectivity index (χ2n) is 15.9. The molecule has 6 rings (SSSR count). The van der Waals surface area contributed by atoms with Crippen molar-refractivity contribution >= 4 is 0 Å². The summed E-state index contributed by atoms with van der Waals surface area (Å²) in [5.74, 6) is 0.882. The van der Waals surface area contributed by atoms with Crippen LogP contribution in [0, 0.1) is 6.92 Å². The van der Waals surface area contributed by atoms with Crippen LogP contribution >= 0.6 is 0 Å². The number of ether oxygens (including phenoxy) is 1. The molecule has 0 N–H and O–H groups in total. The van der Waals surface area contributed by atoms with Gasteiger partial charge in [-0.05, 0) is 92.1 Å². The quantitative estimate of drug-likeness (QED) is 0.0734. The summed E-state index contributed by atoms with van der Waals surface area (Å²) in [4.78, 5) is 0. The highest BCUT2D eigenvalue weighted by Gasteiger charge is 2.35. The molecule has 2 aromatic heterocycles. The van der Waals surface area contributed by atoms with Crippen LogP contribution in [0.4, 0.5) is 0 Å². The molecule has 0 bridgehead atoms. The molecule has 55 heavy (non-hydrogen) atoms. The predicted octanol–water partition coefficient (Wildman–Crippen LogP) is 13.5. The van der Waals surface area contributed by atoms with Gasteiger partial charge in [0.1, 0.15) is 5.75 Å². The Balaban J connectivity index is 1.36. The van der Waals surface area contributed by atoms with Gasteiger partial charge in [0.15, 0.2) is 0 Å². The monoisotopic (exact) mass is 734 g/mol. The van der Waals surface area contributed by atoms with Gasteiger partial charge in [-0.1, -0.05) is 145 Å². The fraction of sp³-hybridized carbons (Fsp3) is 0.400. The third-order valence-electron chi connectivity index (χ3n) is 10.8. The van der Waals surface area contributed by atoms with Gasteiger partial charge in [-0.2, -0.15) is 10.2 Å². The summed E-state index contributed by atoms with van der Waals surface area (Å²) in [6.07, 6.45) is 19.1. The zero-order valence-electron chi connectivity index (χ0n) is 34.3. The van der Waals surface area contributed by atoms with Crippen LogP contribution in [0.1, 0.15) is 127 Å². The molecule has 2 heterocycles. The summed E-state index contributed by atoms with van der Waals surface area (Å²) < 4.78 is 10.4. The fourth-order valence-electron chi connectivity index (χ4n) is 7.66. The minimum Gasteiger partial charge on any atom is -0.494 e. The van der Waals surface area contributed by atoms with Crippen molar-refractivity contribution in [2.24, 2.45) is 0 Å². The molecule has 5 heteroatoms. The van der Waals surface area contributed by atoms with Gasteiger partial charge in [-0.3, -0.25) is 0 Å². The number of aromatic nitrogens is 4. The Morgan fingerprint density at radius 3 is 1.55 bits per heavy atom. The van der Waals surface area contributed by atoms with E-state index >= 15 is 0 Å². The summed E-state index contributed by atoms with van der Waals surface area (Å²) in [6, 6.07) is 35.0. The lowest BCUT2D eigenvalue weighted by Crippen LogP contribution is -2.23. The van der Waals surface area contributed by atoms with E-state index in [2.05, 4.69) is 151 Å². The first-order chi connectivity index (χ1) is 26.8. The molecule has 0 saturated heterocycles. The van der Waals surface area contributed by atoms with Crippen molar-refractivity contribution in [2.45, 2.75) is 124 Å². The Bertz CT molecular complexity index is 2080. The van der Waals surface area contributed by atoms with Crippen molar-refractivity contribution in [1.29, 1.82) is 0 Å². The van der Waals surface area contributed by atoms with Crippen LogP contribution < -0.4 is 4.74 Å². The minimum absolute atomic E-state index is 0.556. The zero-order chi connectivity index (χ0) is 38.6. The van der Waals surface area contributed by atoms with Crippen molar-refractivity contribution < 1.29 is 4.74 Å². The first-order valence-electron chi connectivity index (χ1n) is 21.0. The van der Waals surface area contributed by atoms with Gasteiger partial charge in [-0.15, -0.1) is 0 Å². The fourth-order valence-corrected chi connectivity index (χ4v) is 7.66. The number of aryl methyl sites for hydroxylation is 3. The second-order valence-corrected chi connectivity index (χ2v) is 15.9. The molecule has 0 unspecified atom stereocenters. The molecule has 0 aliphatic heterocycles. The summed E-state index contributed by atoms with van der Waals surface area (Å²) in [7, 11) is 0. The highest BCUT2D eigenvalue weighted by atomic mass is 16.5. The molecule has 0 aliphatic rings. The number of rotatable bonds is 20. The normalized spacial score (nSPS) is 11.7. The van der Waals surface area contributed by atoms with Gasteiger partial charge < -0.3 is 4.74 Å². The van der Waals surface area contributed by atoms with E-state index in [1.54, 1.807) is 0 Å². The topological polar surface area (TPSA) is 44.9 Å². The van der Waals surface area contributed by atoms with Crippen molar-refractivity contribution in [3.63, 3.8) is 0 Å². The zero-order valence-corrected chi connectivity index (χ0v) is 34.3. The van der Waals surface area contributed by atoms with Crippen LogP contribution in [0.3, 0.4) is 0 Å². The lowest BCUT2D eigenvalue weighted by atomic mass is 9.79. The van der Waals surface area contributed by atoms with Crippen LogP contribution in [0.25, 0.3) is 33.6 Å². The van der Waals surface area contributed by atoms with Crippen molar-refractivity contribution in [3.05, 3.63) is 138 Å². The summed E-state index contributed by atoms with van der Waals surface area (Å²) in [5.41, 5.74) is 11.9. The third kappa shape index (κ3) is 10.1. The number of nitrogens with zero attached hydrogens (tertiary/aromatic N) is 4. The maximum absolute atomic E-state index is 6.30. The Morgan fingerprint density at radius 2 is 1.04 bits per heavy atom. The average molecular weight is 735 g/mol. The summed E-state index contributed by atoms with van der Waals surface area (Å²) in [6.45, 7) is 14.2. The van der Waals surface area contributed by atoms with E-state index in [9.17, 15) is 0 Å². The molecule has 0 saturated carbocycles. The van der Waals surface area contributed by atoms with E-state index in [1.807, 2.05) is 9.36 Å². The molecule has 0 radical (unpaired) electrons. The molecule has 6 aromatic rings. The van der Waals surface area contributed by atoms with E-state index < -0.39 is 5.41 Å².